The highest BCUT2D eigenvalue weighted by Crippen LogP contribution is 2.51. The number of benzene rings is 7. The van der Waals surface area contributed by atoms with Gasteiger partial charge in [0.1, 0.15) is 0 Å². The van der Waals surface area contributed by atoms with E-state index in [0.717, 1.165) is 59.9 Å². The molecule has 4 nitrogen and oxygen atoms in total. The van der Waals surface area contributed by atoms with E-state index in [1.807, 2.05) is 0 Å². The number of anilines is 1. The minimum Gasteiger partial charge on any atom is -0.493 e. The van der Waals surface area contributed by atoms with Crippen molar-refractivity contribution in [3.05, 3.63) is 156 Å². The van der Waals surface area contributed by atoms with Crippen molar-refractivity contribution in [1.82, 2.24) is 0 Å². The summed E-state index contributed by atoms with van der Waals surface area (Å²) in [4.78, 5) is 2.38. The molecule has 234 valence electrons. The van der Waals surface area contributed by atoms with Crippen LogP contribution in [0, 0.1) is 0 Å². The lowest BCUT2D eigenvalue weighted by Gasteiger charge is -2.37. The first-order valence-corrected chi connectivity index (χ1v) is 16.7. The second-order valence-corrected chi connectivity index (χ2v) is 12.6. The van der Waals surface area contributed by atoms with E-state index < -0.39 is 5.60 Å². The molecule has 1 atom stereocenters. The van der Waals surface area contributed by atoms with Crippen molar-refractivity contribution in [2.45, 2.75) is 5.60 Å². The molecule has 0 spiro atoms. The normalized spacial score (nSPS) is 17.4. The molecule has 1 fully saturated rings. The van der Waals surface area contributed by atoms with Crippen LogP contribution in [0.1, 0.15) is 16.7 Å². The van der Waals surface area contributed by atoms with Crippen LogP contribution in [0.2, 0.25) is 0 Å². The molecule has 1 saturated heterocycles. The fourth-order valence-corrected chi connectivity index (χ4v) is 7.62. The van der Waals surface area contributed by atoms with Gasteiger partial charge in [-0.25, -0.2) is 0 Å². The number of ether oxygens (including phenoxy) is 3. The molecule has 2 aliphatic rings. The molecular formula is C44H35NO3. The fraction of sp³-hybridized carbons (Fsp3) is 0.136. The van der Waals surface area contributed by atoms with Gasteiger partial charge in [-0.05, 0) is 68.4 Å². The highest BCUT2D eigenvalue weighted by molar-refractivity contribution is 6.27. The number of rotatable bonds is 5. The molecule has 0 N–H and O–H groups in total. The van der Waals surface area contributed by atoms with Crippen LogP contribution in [-0.2, 0) is 10.3 Å². The summed E-state index contributed by atoms with van der Waals surface area (Å²) >= 11 is 0. The number of fused-ring (bicyclic) bond motifs is 8. The van der Waals surface area contributed by atoms with E-state index in [4.69, 9.17) is 14.2 Å². The molecular weight excluding hydrogens is 590 g/mol. The van der Waals surface area contributed by atoms with Crippen molar-refractivity contribution in [2.75, 3.05) is 38.3 Å². The zero-order valence-electron chi connectivity index (χ0n) is 26.9. The zero-order valence-corrected chi connectivity index (χ0v) is 26.9. The molecule has 2 aliphatic heterocycles. The second kappa shape index (κ2) is 11.6. The van der Waals surface area contributed by atoms with Gasteiger partial charge in [0.15, 0.2) is 17.1 Å². The Balaban J connectivity index is 1.25. The molecule has 7 aromatic rings. The minimum absolute atomic E-state index is 0.720. The summed E-state index contributed by atoms with van der Waals surface area (Å²) < 4.78 is 19.1. The zero-order chi connectivity index (χ0) is 32.1. The second-order valence-electron chi connectivity index (χ2n) is 12.6. The van der Waals surface area contributed by atoms with Crippen LogP contribution in [-0.4, -0.2) is 33.4 Å². The van der Waals surface area contributed by atoms with Crippen molar-refractivity contribution in [1.29, 1.82) is 0 Å². The number of morpholine rings is 1. The Kier molecular flexibility index (Phi) is 6.91. The minimum atomic E-state index is -0.876. The average molecular weight is 626 g/mol. The maximum absolute atomic E-state index is 7.37. The first-order chi connectivity index (χ1) is 23.7. The fourth-order valence-electron chi connectivity index (χ4n) is 7.62. The summed E-state index contributed by atoms with van der Waals surface area (Å²) in [5.41, 5.74) is 5.81. The Morgan fingerprint density at radius 2 is 1.17 bits per heavy atom. The molecule has 1 unspecified atom stereocenters. The summed E-state index contributed by atoms with van der Waals surface area (Å²) in [6, 6.07) is 47.6. The van der Waals surface area contributed by atoms with Crippen LogP contribution in [0.4, 0.5) is 5.69 Å². The van der Waals surface area contributed by atoms with Gasteiger partial charge in [-0.15, -0.1) is 0 Å². The Morgan fingerprint density at radius 3 is 1.83 bits per heavy atom. The molecule has 0 bridgehead atoms. The van der Waals surface area contributed by atoms with Crippen molar-refractivity contribution in [3.63, 3.8) is 0 Å². The van der Waals surface area contributed by atoms with Crippen molar-refractivity contribution in [2.24, 2.45) is 0 Å². The predicted octanol–water partition coefficient (Wildman–Crippen LogP) is 10.0. The molecule has 48 heavy (non-hydrogen) atoms. The van der Waals surface area contributed by atoms with Gasteiger partial charge in [-0.2, -0.15) is 0 Å². The third kappa shape index (κ3) is 4.56. The molecule has 0 radical (unpaired) electrons. The van der Waals surface area contributed by atoms with E-state index in [1.165, 1.54) is 43.7 Å². The number of hydrogen-bond donors (Lipinski definition) is 0. The lowest BCUT2D eigenvalue weighted by molar-refractivity contribution is 0.122. The Labute approximate surface area is 280 Å². The molecule has 0 saturated carbocycles. The van der Waals surface area contributed by atoms with Crippen LogP contribution in [0.15, 0.2) is 140 Å². The smallest absolute Gasteiger partial charge is 0.178 e. The lowest BCUT2D eigenvalue weighted by Crippen LogP contribution is -2.37. The summed E-state index contributed by atoms with van der Waals surface area (Å²) in [6.07, 6.45) is 4.49. The molecule has 0 aliphatic carbocycles. The SMILES string of the molecule is COc1cc2c3ccccc3c3ccccc3c2c2c1OC(c1ccc(-c3ccccc3)cc1)(c1ccc(N3CCOCC3)cc1)C=C2. The maximum atomic E-state index is 7.37. The molecule has 2 heterocycles. The third-order valence-electron chi connectivity index (χ3n) is 10.0. The van der Waals surface area contributed by atoms with Gasteiger partial charge in [-0.1, -0.05) is 115 Å². The summed E-state index contributed by atoms with van der Waals surface area (Å²) in [6.45, 7) is 3.28. The lowest BCUT2D eigenvalue weighted by atomic mass is 9.81. The van der Waals surface area contributed by atoms with Crippen LogP contribution < -0.4 is 14.4 Å². The van der Waals surface area contributed by atoms with Crippen molar-refractivity contribution >= 4 is 44.1 Å². The van der Waals surface area contributed by atoms with Gasteiger partial charge in [0.05, 0.1) is 20.3 Å². The van der Waals surface area contributed by atoms with E-state index in [-0.39, 0.29) is 0 Å². The maximum Gasteiger partial charge on any atom is 0.178 e. The standard InChI is InChI=1S/C44H35NO3/c1-46-41-29-40-37-13-6-5-11-35(37)36-12-7-8-14-38(36)42(40)39-23-24-44(48-43(39)41,32-17-15-31(16-18-32)30-9-3-2-4-10-30)33-19-21-34(22-20-33)45-25-27-47-28-26-45/h2-24,29H,25-28H2,1H3. The largest absolute Gasteiger partial charge is 0.493 e. The third-order valence-corrected chi connectivity index (χ3v) is 10.0. The average Bonchev–Trinajstić information content (AvgIpc) is 3.18. The van der Waals surface area contributed by atoms with E-state index in [2.05, 4.69) is 151 Å². The first kappa shape index (κ1) is 28.6. The summed E-state index contributed by atoms with van der Waals surface area (Å²) in [5.74, 6) is 1.47. The first-order valence-electron chi connectivity index (χ1n) is 16.7. The quantitative estimate of drug-likeness (QED) is 0.178. The molecule has 0 amide bonds. The van der Waals surface area contributed by atoms with Gasteiger partial charge in [0.25, 0.3) is 0 Å². The summed E-state index contributed by atoms with van der Waals surface area (Å²) in [7, 11) is 1.74. The Hall–Kier alpha value is -5.58. The van der Waals surface area contributed by atoms with E-state index in [9.17, 15) is 0 Å². The highest BCUT2D eigenvalue weighted by Gasteiger charge is 2.39. The summed E-state index contributed by atoms with van der Waals surface area (Å²) in [5, 5.41) is 7.19. The van der Waals surface area contributed by atoms with Crippen molar-refractivity contribution < 1.29 is 14.2 Å². The number of methoxy groups -OCH3 is 1. The Bertz CT molecular complexity index is 2320. The van der Waals surface area contributed by atoms with Crippen molar-refractivity contribution in [3.8, 4) is 22.6 Å². The monoisotopic (exact) mass is 625 g/mol. The van der Waals surface area contributed by atoms with Crippen LogP contribution in [0.3, 0.4) is 0 Å². The van der Waals surface area contributed by atoms with Gasteiger partial charge in [0.2, 0.25) is 0 Å². The van der Waals surface area contributed by atoms with Gasteiger partial charge in [-0.3, -0.25) is 0 Å². The van der Waals surface area contributed by atoms with Crippen LogP contribution in [0.25, 0.3) is 49.5 Å². The topological polar surface area (TPSA) is 30.9 Å². The van der Waals surface area contributed by atoms with E-state index in [0.29, 0.717) is 0 Å². The van der Waals surface area contributed by atoms with Crippen LogP contribution >= 0.6 is 0 Å². The van der Waals surface area contributed by atoms with Gasteiger partial charge < -0.3 is 19.1 Å². The molecule has 9 rings (SSSR count). The number of nitrogens with zero attached hydrogens (tertiary/aromatic N) is 1. The molecule has 4 heteroatoms. The van der Waals surface area contributed by atoms with Gasteiger partial charge in [0, 0.05) is 40.9 Å². The van der Waals surface area contributed by atoms with E-state index in [1.54, 1.807) is 7.11 Å². The van der Waals surface area contributed by atoms with E-state index >= 15 is 0 Å². The Morgan fingerprint density at radius 1 is 0.604 bits per heavy atom. The number of hydrogen-bond acceptors (Lipinski definition) is 4. The molecule has 7 aromatic carbocycles. The predicted molar refractivity (Wildman–Crippen MR) is 197 cm³/mol. The molecule has 0 aromatic heterocycles. The highest BCUT2D eigenvalue weighted by atomic mass is 16.5. The van der Waals surface area contributed by atoms with Gasteiger partial charge >= 0.3 is 0 Å². The van der Waals surface area contributed by atoms with Crippen LogP contribution in [0.5, 0.6) is 11.5 Å².